The van der Waals surface area contributed by atoms with Crippen molar-refractivity contribution in [3.63, 3.8) is 0 Å². The van der Waals surface area contributed by atoms with Crippen LogP contribution in [0, 0.1) is 0 Å². The van der Waals surface area contributed by atoms with Crippen LogP contribution in [-0.2, 0) is 0 Å². The molecule has 2 rings (SSSR count). The van der Waals surface area contributed by atoms with Crippen molar-refractivity contribution in [2.24, 2.45) is 0 Å². The Labute approximate surface area is 133 Å². The number of carbonyl (C=O) groups is 1. The van der Waals surface area contributed by atoms with E-state index in [1.807, 2.05) is 0 Å². The predicted molar refractivity (Wildman–Crippen MR) is 86.0 cm³/mol. The highest BCUT2D eigenvalue weighted by Gasteiger charge is 2.17. The van der Waals surface area contributed by atoms with Crippen LogP contribution in [0.3, 0.4) is 0 Å². The van der Waals surface area contributed by atoms with E-state index in [1.54, 1.807) is 36.4 Å². The molecule has 22 heavy (non-hydrogen) atoms. The number of phenolic OH excluding ortho intramolecular Hbond substituents is 1. The third kappa shape index (κ3) is 3.59. The minimum Gasteiger partial charge on any atom is -0.507 e. The molecule has 0 bridgehead atoms. The van der Waals surface area contributed by atoms with Gasteiger partial charge in [-0.15, -0.1) is 0 Å². The Morgan fingerprint density at radius 2 is 1.82 bits per heavy atom. The highest BCUT2D eigenvalue weighted by Crippen LogP contribution is 2.33. The second-order valence-electron chi connectivity index (χ2n) is 4.47. The van der Waals surface area contributed by atoms with Gasteiger partial charge in [-0.25, -0.2) is 0 Å². The van der Waals surface area contributed by atoms with Crippen molar-refractivity contribution in [2.75, 3.05) is 14.2 Å². The molecule has 0 aliphatic rings. The van der Waals surface area contributed by atoms with Crippen molar-refractivity contribution in [1.82, 2.24) is 0 Å². The predicted octanol–water partition coefficient (Wildman–Crippen LogP) is 3.96. The van der Waals surface area contributed by atoms with Crippen LogP contribution in [0.1, 0.15) is 15.9 Å². The minimum atomic E-state index is -0.369. The molecule has 0 radical (unpaired) electrons. The Morgan fingerprint density at radius 1 is 1.14 bits per heavy atom. The van der Waals surface area contributed by atoms with E-state index in [4.69, 9.17) is 21.1 Å². The van der Waals surface area contributed by atoms with Crippen molar-refractivity contribution < 1.29 is 19.4 Å². The molecular weight excluding hydrogens is 304 g/mol. The maximum atomic E-state index is 12.3. The zero-order chi connectivity index (χ0) is 16.1. The van der Waals surface area contributed by atoms with Gasteiger partial charge in [0.1, 0.15) is 22.8 Å². The maximum absolute atomic E-state index is 12.3. The summed E-state index contributed by atoms with van der Waals surface area (Å²) in [6.07, 6.45) is 3.01. The average molecular weight is 319 g/mol. The largest absolute Gasteiger partial charge is 0.507 e. The van der Waals surface area contributed by atoms with Gasteiger partial charge in [-0.3, -0.25) is 4.79 Å². The topological polar surface area (TPSA) is 55.8 Å². The first kappa shape index (κ1) is 15.9. The molecule has 5 heteroatoms. The van der Waals surface area contributed by atoms with Crippen molar-refractivity contribution >= 4 is 23.5 Å². The summed E-state index contributed by atoms with van der Waals surface area (Å²) in [6.45, 7) is 0. The summed E-state index contributed by atoms with van der Waals surface area (Å²) in [5.74, 6) is 0.101. The number of hydrogen-bond donors (Lipinski definition) is 1. The van der Waals surface area contributed by atoms with Crippen LogP contribution in [0.4, 0.5) is 0 Å². The summed E-state index contributed by atoms with van der Waals surface area (Å²) in [7, 11) is 2.89. The van der Waals surface area contributed by atoms with Gasteiger partial charge < -0.3 is 14.6 Å². The molecule has 0 heterocycles. The number of hydrogen-bond acceptors (Lipinski definition) is 4. The summed E-state index contributed by atoms with van der Waals surface area (Å²) >= 11 is 5.81. The van der Waals surface area contributed by atoms with Gasteiger partial charge in [-0.05, 0) is 23.8 Å². The number of phenols is 1. The fourth-order valence-corrected chi connectivity index (χ4v) is 2.06. The molecule has 4 nitrogen and oxygen atoms in total. The van der Waals surface area contributed by atoms with Crippen molar-refractivity contribution in [3.8, 4) is 17.2 Å². The number of aromatic hydroxyl groups is 1. The highest BCUT2D eigenvalue weighted by atomic mass is 35.5. The fraction of sp³-hybridized carbons (Fsp3) is 0.118. The summed E-state index contributed by atoms with van der Waals surface area (Å²) in [6, 6.07) is 9.96. The van der Waals surface area contributed by atoms with Crippen LogP contribution in [0.15, 0.2) is 42.5 Å². The molecule has 0 saturated heterocycles. The third-order valence-corrected chi connectivity index (χ3v) is 3.31. The minimum absolute atomic E-state index is 0.0912. The van der Waals surface area contributed by atoms with Gasteiger partial charge in [0.15, 0.2) is 5.78 Å². The number of carbonyl (C=O) groups excluding carboxylic acids is 1. The standard InChI is InChI=1S/C17H15ClO4/c1-21-13-9-15(20)17(16(10-13)22-2)14(19)8-5-11-3-6-12(18)7-4-11/h3-10,20H,1-2H3/b8-5-. The number of allylic oxidation sites excluding steroid dienone is 1. The van der Waals surface area contributed by atoms with E-state index >= 15 is 0 Å². The SMILES string of the molecule is COc1cc(O)c(C(=O)/C=C\c2ccc(Cl)cc2)c(OC)c1. The van der Waals surface area contributed by atoms with Gasteiger partial charge in [-0.2, -0.15) is 0 Å². The number of rotatable bonds is 5. The number of methoxy groups -OCH3 is 2. The molecule has 2 aromatic carbocycles. The molecule has 0 aliphatic carbocycles. The lowest BCUT2D eigenvalue weighted by Crippen LogP contribution is -2.00. The maximum Gasteiger partial charge on any atom is 0.193 e. The molecule has 0 unspecified atom stereocenters. The molecule has 0 atom stereocenters. The van der Waals surface area contributed by atoms with Crippen molar-refractivity contribution in [2.45, 2.75) is 0 Å². The quantitative estimate of drug-likeness (QED) is 0.669. The van der Waals surface area contributed by atoms with Gasteiger partial charge in [0, 0.05) is 17.2 Å². The average Bonchev–Trinajstić information content (AvgIpc) is 2.53. The number of ketones is 1. The van der Waals surface area contributed by atoms with Crippen LogP contribution in [0.5, 0.6) is 17.2 Å². The van der Waals surface area contributed by atoms with Gasteiger partial charge in [-0.1, -0.05) is 29.8 Å². The Kier molecular flexibility index (Phi) is 5.07. The Morgan fingerprint density at radius 3 is 2.41 bits per heavy atom. The van der Waals surface area contributed by atoms with E-state index in [9.17, 15) is 9.90 Å². The Balaban J connectivity index is 2.31. The molecular formula is C17H15ClO4. The summed E-state index contributed by atoms with van der Waals surface area (Å²) in [5, 5.41) is 10.6. The number of halogens is 1. The van der Waals surface area contributed by atoms with Crippen LogP contribution < -0.4 is 9.47 Å². The molecule has 0 spiro atoms. The molecule has 114 valence electrons. The van der Waals surface area contributed by atoms with Gasteiger partial charge in [0.05, 0.1) is 14.2 Å². The normalized spacial score (nSPS) is 10.7. The zero-order valence-electron chi connectivity index (χ0n) is 12.2. The number of ether oxygens (including phenoxy) is 2. The lowest BCUT2D eigenvalue weighted by atomic mass is 10.1. The van der Waals surface area contributed by atoms with E-state index in [-0.39, 0.29) is 22.8 Å². The molecule has 0 fully saturated rings. The van der Waals surface area contributed by atoms with Gasteiger partial charge in [0.25, 0.3) is 0 Å². The highest BCUT2D eigenvalue weighted by molar-refractivity contribution is 6.30. The summed E-state index contributed by atoms with van der Waals surface area (Å²) in [5.41, 5.74) is 0.915. The lowest BCUT2D eigenvalue weighted by molar-refractivity contribution is 0.104. The third-order valence-electron chi connectivity index (χ3n) is 3.05. The Hall–Kier alpha value is -2.46. The van der Waals surface area contributed by atoms with Crippen molar-refractivity contribution in [1.29, 1.82) is 0 Å². The van der Waals surface area contributed by atoms with Crippen LogP contribution >= 0.6 is 11.6 Å². The van der Waals surface area contributed by atoms with Crippen molar-refractivity contribution in [3.05, 3.63) is 58.6 Å². The molecule has 1 N–H and O–H groups in total. The summed E-state index contributed by atoms with van der Waals surface area (Å²) < 4.78 is 10.2. The van der Waals surface area contributed by atoms with E-state index in [0.29, 0.717) is 10.8 Å². The first-order valence-corrected chi connectivity index (χ1v) is 6.86. The molecule has 0 aromatic heterocycles. The summed E-state index contributed by atoms with van der Waals surface area (Å²) in [4.78, 5) is 12.3. The van der Waals surface area contributed by atoms with E-state index in [0.717, 1.165) is 5.56 Å². The molecule has 0 amide bonds. The number of benzene rings is 2. The molecule has 2 aromatic rings. The Bertz CT molecular complexity index is 705. The lowest BCUT2D eigenvalue weighted by Gasteiger charge is -2.10. The monoisotopic (exact) mass is 318 g/mol. The second kappa shape index (κ2) is 7.00. The fourth-order valence-electron chi connectivity index (χ4n) is 1.93. The van der Waals surface area contributed by atoms with E-state index < -0.39 is 0 Å². The van der Waals surface area contributed by atoms with E-state index in [1.165, 1.54) is 26.4 Å². The first-order chi connectivity index (χ1) is 10.5. The van der Waals surface area contributed by atoms with E-state index in [2.05, 4.69) is 0 Å². The zero-order valence-corrected chi connectivity index (χ0v) is 12.9. The molecule has 0 aliphatic heterocycles. The van der Waals surface area contributed by atoms with Gasteiger partial charge >= 0.3 is 0 Å². The smallest absolute Gasteiger partial charge is 0.193 e. The van der Waals surface area contributed by atoms with Crippen LogP contribution in [0.25, 0.3) is 6.08 Å². The van der Waals surface area contributed by atoms with Crippen LogP contribution in [-0.4, -0.2) is 25.1 Å². The van der Waals surface area contributed by atoms with Crippen LogP contribution in [0.2, 0.25) is 5.02 Å². The second-order valence-corrected chi connectivity index (χ2v) is 4.91. The first-order valence-electron chi connectivity index (χ1n) is 6.48. The molecule has 0 saturated carbocycles. The van der Waals surface area contributed by atoms with Gasteiger partial charge in [0.2, 0.25) is 0 Å².